The van der Waals surface area contributed by atoms with Crippen LogP contribution in [0.25, 0.3) is 27.0 Å². The second-order valence-corrected chi connectivity index (χ2v) is 7.25. The molecule has 0 spiro atoms. The van der Waals surface area contributed by atoms with Crippen molar-refractivity contribution in [3.8, 4) is 32.7 Å². The molecule has 1 aromatic carbocycles. The predicted molar refractivity (Wildman–Crippen MR) is 99.1 cm³/mol. The van der Waals surface area contributed by atoms with Gasteiger partial charge in [0.1, 0.15) is 10.8 Å². The molecule has 0 bridgehead atoms. The van der Waals surface area contributed by atoms with Crippen LogP contribution in [0.1, 0.15) is 11.4 Å². The van der Waals surface area contributed by atoms with E-state index in [4.69, 9.17) is 4.98 Å². The van der Waals surface area contributed by atoms with E-state index in [0.717, 1.165) is 38.3 Å². The molecule has 0 saturated heterocycles. The van der Waals surface area contributed by atoms with Crippen molar-refractivity contribution in [3.63, 3.8) is 0 Å². The number of aromatic hydroxyl groups is 1. The summed E-state index contributed by atoms with van der Waals surface area (Å²) in [4.78, 5) is 9.20. The highest BCUT2D eigenvalue weighted by atomic mass is 32.1. The van der Waals surface area contributed by atoms with E-state index in [9.17, 15) is 5.11 Å². The molecule has 0 saturated carbocycles. The average Bonchev–Trinajstić information content (AvgIpc) is 3.29. The van der Waals surface area contributed by atoms with Crippen LogP contribution < -0.4 is 0 Å². The van der Waals surface area contributed by atoms with Gasteiger partial charge in [0.25, 0.3) is 0 Å². The van der Waals surface area contributed by atoms with Crippen molar-refractivity contribution in [2.75, 3.05) is 0 Å². The lowest BCUT2D eigenvalue weighted by Gasteiger charge is -2.04. The van der Waals surface area contributed by atoms with Gasteiger partial charge in [-0.15, -0.1) is 22.7 Å². The van der Waals surface area contributed by atoms with Crippen LogP contribution in [0, 0.1) is 13.8 Å². The van der Waals surface area contributed by atoms with Gasteiger partial charge in [0.2, 0.25) is 0 Å². The highest BCUT2D eigenvalue weighted by Crippen LogP contribution is 2.34. The predicted octanol–water partition coefficient (Wildman–Crippen LogP) is 5.05. The highest BCUT2D eigenvalue weighted by Gasteiger charge is 2.16. The molecular formula is C18H15N3OS2. The number of rotatable bonds is 3. The first kappa shape index (κ1) is 15.1. The zero-order valence-corrected chi connectivity index (χ0v) is 14.9. The summed E-state index contributed by atoms with van der Waals surface area (Å²) in [7, 11) is 0. The molecule has 4 rings (SSSR count). The van der Waals surface area contributed by atoms with Crippen LogP contribution in [0.4, 0.5) is 0 Å². The minimum Gasteiger partial charge on any atom is -0.508 e. The zero-order chi connectivity index (χ0) is 16.7. The lowest BCUT2D eigenvalue weighted by atomic mass is 10.2. The molecule has 4 nitrogen and oxygen atoms in total. The maximum atomic E-state index is 9.42. The molecule has 1 N–H and O–H groups in total. The molecule has 0 fully saturated rings. The van der Waals surface area contributed by atoms with E-state index in [2.05, 4.69) is 34.8 Å². The van der Waals surface area contributed by atoms with Crippen LogP contribution in [-0.4, -0.2) is 19.6 Å². The standard InChI is InChI=1S/C18H15N3OS2/c1-11-9-15(12(2)21(11)18-19-7-8-23-18)16-10-24-17(20-16)13-3-5-14(22)6-4-13/h3-10,22H,1-2H3. The Morgan fingerprint density at radius 3 is 2.58 bits per heavy atom. The Labute approximate surface area is 147 Å². The van der Waals surface area contributed by atoms with Crippen molar-refractivity contribution in [3.05, 3.63) is 58.7 Å². The van der Waals surface area contributed by atoms with Crippen molar-refractivity contribution < 1.29 is 5.11 Å². The van der Waals surface area contributed by atoms with E-state index in [1.165, 1.54) is 0 Å². The van der Waals surface area contributed by atoms with E-state index in [1.54, 1.807) is 34.8 Å². The van der Waals surface area contributed by atoms with Crippen LogP contribution in [0.2, 0.25) is 0 Å². The Bertz CT molecular complexity index is 982. The van der Waals surface area contributed by atoms with E-state index in [1.807, 2.05) is 23.7 Å². The molecule has 0 atom stereocenters. The largest absolute Gasteiger partial charge is 0.508 e. The van der Waals surface area contributed by atoms with Crippen LogP contribution in [0.5, 0.6) is 5.75 Å². The first-order valence-electron chi connectivity index (χ1n) is 7.47. The van der Waals surface area contributed by atoms with Crippen molar-refractivity contribution >= 4 is 22.7 Å². The van der Waals surface area contributed by atoms with Crippen LogP contribution in [-0.2, 0) is 0 Å². The number of aryl methyl sites for hydroxylation is 1. The lowest BCUT2D eigenvalue weighted by molar-refractivity contribution is 0.475. The number of benzene rings is 1. The topological polar surface area (TPSA) is 50.9 Å². The summed E-state index contributed by atoms with van der Waals surface area (Å²) >= 11 is 3.24. The highest BCUT2D eigenvalue weighted by molar-refractivity contribution is 7.13. The van der Waals surface area contributed by atoms with Gasteiger partial charge in [0.15, 0.2) is 5.13 Å². The molecule has 3 aromatic heterocycles. The fourth-order valence-corrected chi connectivity index (χ4v) is 4.35. The third kappa shape index (κ3) is 2.53. The summed E-state index contributed by atoms with van der Waals surface area (Å²) in [5, 5.41) is 15.4. The molecule has 0 aliphatic rings. The summed E-state index contributed by atoms with van der Waals surface area (Å²) in [5.74, 6) is 0.266. The molecule has 3 heterocycles. The number of hydrogen-bond donors (Lipinski definition) is 1. The van der Waals surface area contributed by atoms with Gasteiger partial charge in [-0.1, -0.05) is 0 Å². The molecule has 0 unspecified atom stereocenters. The first-order valence-corrected chi connectivity index (χ1v) is 9.23. The number of hydrogen-bond acceptors (Lipinski definition) is 5. The minimum absolute atomic E-state index is 0.266. The third-order valence-corrected chi connectivity index (χ3v) is 5.58. The summed E-state index contributed by atoms with van der Waals surface area (Å²) < 4.78 is 2.17. The van der Waals surface area contributed by atoms with Crippen molar-refractivity contribution in [2.45, 2.75) is 13.8 Å². The third-order valence-electron chi connectivity index (χ3n) is 3.94. The van der Waals surface area contributed by atoms with Crippen molar-refractivity contribution in [2.24, 2.45) is 0 Å². The maximum Gasteiger partial charge on any atom is 0.193 e. The quantitative estimate of drug-likeness (QED) is 0.561. The Morgan fingerprint density at radius 2 is 1.88 bits per heavy atom. The number of phenolic OH excluding ortho intramolecular Hbond substituents is 1. The van der Waals surface area contributed by atoms with E-state index in [-0.39, 0.29) is 5.75 Å². The fraction of sp³-hybridized carbons (Fsp3) is 0.111. The monoisotopic (exact) mass is 353 g/mol. The number of phenols is 1. The lowest BCUT2D eigenvalue weighted by Crippen LogP contribution is -1.97. The summed E-state index contributed by atoms with van der Waals surface area (Å²) in [5.41, 5.74) is 5.40. The molecule has 120 valence electrons. The SMILES string of the molecule is Cc1cc(-c2csc(-c3ccc(O)cc3)n2)c(C)n1-c1nccs1. The fourth-order valence-electron chi connectivity index (χ4n) is 2.78. The van der Waals surface area contributed by atoms with Crippen molar-refractivity contribution in [1.82, 2.24) is 14.5 Å². The molecule has 4 aromatic rings. The van der Waals surface area contributed by atoms with Gasteiger partial charge < -0.3 is 5.11 Å². The minimum atomic E-state index is 0.266. The van der Waals surface area contributed by atoms with Gasteiger partial charge in [-0.05, 0) is 44.2 Å². The second-order valence-electron chi connectivity index (χ2n) is 5.52. The maximum absolute atomic E-state index is 9.42. The molecular weight excluding hydrogens is 338 g/mol. The smallest absolute Gasteiger partial charge is 0.193 e. The Morgan fingerprint density at radius 1 is 1.08 bits per heavy atom. The van der Waals surface area contributed by atoms with E-state index >= 15 is 0 Å². The average molecular weight is 353 g/mol. The zero-order valence-electron chi connectivity index (χ0n) is 13.2. The second kappa shape index (κ2) is 5.89. The molecule has 0 aliphatic heterocycles. The first-order chi connectivity index (χ1) is 11.6. The summed E-state index contributed by atoms with van der Waals surface area (Å²) in [6.07, 6.45) is 1.82. The number of thiazole rings is 2. The van der Waals surface area contributed by atoms with Crippen LogP contribution in [0.15, 0.2) is 47.3 Å². The molecule has 0 amide bonds. The van der Waals surface area contributed by atoms with Gasteiger partial charge in [0.05, 0.1) is 5.69 Å². The van der Waals surface area contributed by atoms with Gasteiger partial charge >= 0.3 is 0 Å². The molecule has 24 heavy (non-hydrogen) atoms. The Balaban J connectivity index is 1.75. The van der Waals surface area contributed by atoms with Gasteiger partial charge in [-0.25, -0.2) is 9.97 Å². The molecule has 6 heteroatoms. The number of nitrogens with zero attached hydrogens (tertiary/aromatic N) is 3. The molecule has 0 radical (unpaired) electrons. The normalized spacial score (nSPS) is 11.1. The van der Waals surface area contributed by atoms with Gasteiger partial charge in [-0.2, -0.15) is 0 Å². The van der Waals surface area contributed by atoms with Gasteiger partial charge in [0, 0.05) is 39.5 Å². The Hall–Kier alpha value is -2.44. The van der Waals surface area contributed by atoms with Crippen molar-refractivity contribution in [1.29, 1.82) is 0 Å². The number of aromatic nitrogens is 3. The van der Waals surface area contributed by atoms with Gasteiger partial charge in [-0.3, -0.25) is 4.57 Å². The summed E-state index contributed by atoms with van der Waals surface area (Å²) in [6, 6.07) is 9.30. The van der Waals surface area contributed by atoms with E-state index in [0.29, 0.717) is 0 Å². The molecule has 0 aliphatic carbocycles. The van der Waals surface area contributed by atoms with Crippen LogP contribution in [0.3, 0.4) is 0 Å². The van der Waals surface area contributed by atoms with E-state index < -0.39 is 0 Å². The summed E-state index contributed by atoms with van der Waals surface area (Å²) in [6.45, 7) is 4.19. The Kier molecular flexibility index (Phi) is 3.70. The van der Waals surface area contributed by atoms with Crippen LogP contribution >= 0.6 is 22.7 Å².